The highest BCUT2D eigenvalue weighted by molar-refractivity contribution is 9.08. The van der Waals surface area contributed by atoms with Gasteiger partial charge in [-0.15, -0.1) is 0 Å². The molecule has 0 bridgehead atoms. The van der Waals surface area contributed by atoms with Gasteiger partial charge in [-0.1, -0.05) is 52.3 Å². The minimum Gasteiger partial charge on any atom is -0.319 e. The minimum atomic E-state index is 0.927. The first-order valence-electron chi connectivity index (χ1n) is 4.83. The second-order valence-electron chi connectivity index (χ2n) is 3.17. The number of alkyl halides is 1. The second-order valence-corrected chi connectivity index (χ2v) is 3.73. The van der Waals surface area contributed by atoms with Crippen LogP contribution in [0.4, 0.5) is 0 Å². The van der Waals surface area contributed by atoms with Crippen LogP contribution in [0.5, 0.6) is 0 Å². The van der Waals surface area contributed by atoms with Gasteiger partial charge in [0.15, 0.2) is 0 Å². The zero-order valence-electron chi connectivity index (χ0n) is 8.46. The summed E-state index contributed by atoms with van der Waals surface area (Å²) in [6.07, 6.45) is 5.44. The Morgan fingerprint density at radius 1 is 1.29 bits per heavy atom. The number of halogens is 1. The molecule has 76 valence electrons. The largest absolute Gasteiger partial charge is 0.319 e. The summed E-state index contributed by atoms with van der Waals surface area (Å²) >= 11 is 3.43. The molecule has 1 N–H and O–H groups in total. The topological polar surface area (TPSA) is 12.0 Å². The Morgan fingerprint density at radius 3 is 2.57 bits per heavy atom. The van der Waals surface area contributed by atoms with E-state index in [1.165, 1.54) is 11.1 Å². The average molecular weight is 254 g/mol. The Hall–Kier alpha value is -0.600. The normalized spacial score (nSPS) is 11.0. The third-order valence-electron chi connectivity index (χ3n) is 2.01. The van der Waals surface area contributed by atoms with Crippen molar-refractivity contribution in [1.29, 1.82) is 0 Å². The predicted octanol–water partition coefficient (Wildman–Crippen LogP) is 3.20. The Balaban J connectivity index is 2.47. The van der Waals surface area contributed by atoms with E-state index >= 15 is 0 Å². The number of benzene rings is 1. The number of nitrogens with one attached hydrogen (secondary N) is 1. The zero-order valence-corrected chi connectivity index (χ0v) is 10.0. The highest BCUT2D eigenvalue weighted by Gasteiger charge is 1.89. The molecule has 0 aliphatic carbocycles. The molecule has 0 aliphatic heterocycles. The highest BCUT2D eigenvalue weighted by Crippen LogP contribution is 2.09. The average Bonchev–Trinajstić information content (AvgIpc) is 2.25. The fraction of sp³-hybridized carbons (Fsp3) is 0.333. The van der Waals surface area contributed by atoms with E-state index in [1.54, 1.807) is 0 Å². The third-order valence-corrected chi connectivity index (χ3v) is 2.65. The van der Waals surface area contributed by atoms with Crippen LogP contribution in [0, 0.1) is 0 Å². The molecule has 1 rings (SSSR count). The van der Waals surface area contributed by atoms with Gasteiger partial charge in [0.1, 0.15) is 0 Å². The quantitative estimate of drug-likeness (QED) is 0.628. The van der Waals surface area contributed by atoms with Gasteiger partial charge < -0.3 is 5.32 Å². The fourth-order valence-corrected chi connectivity index (χ4v) is 1.54. The molecular weight excluding hydrogens is 238 g/mol. The van der Waals surface area contributed by atoms with Crippen molar-refractivity contribution in [2.24, 2.45) is 0 Å². The van der Waals surface area contributed by atoms with Gasteiger partial charge in [-0.05, 0) is 31.1 Å². The molecule has 0 aliphatic rings. The summed E-state index contributed by atoms with van der Waals surface area (Å²) in [5.41, 5.74) is 2.59. The second kappa shape index (κ2) is 6.80. The summed E-state index contributed by atoms with van der Waals surface area (Å²) in [6.45, 7) is 1.04. The summed E-state index contributed by atoms with van der Waals surface area (Å²) in [6, 6.07) is 8.58. The van der Waals surface area contributed by atoms with Gasteiger partial charge in [0.2, 0.25) is 0 Å². The number of hydrogen-bond donors (Lipinski definition) is 1. The summed E-state index contributed by atoms with van der Waals surface area (Å²) in [5, 5.41) is 4.04. The molecule has 0 amide bonds. The molecular formula is C12H16BrN. The monoisotopic (exact) mass is 253 g/mol. The van der Waals surface area contributed by atoms with Gasteiger partial charge >= 0.3 is 0 Å². The van der Waals surface area contributed by atoms with E-state index in [0.717, 1.165) is 18.3 Å². The van der Waals surface area contributed by atoms with Crippen LogP contribution >= 0.6 is 15.9 Å². The Kier molecular flexibility index (Phi) is 5.57. The molecule has 1 aromatic carbocycles. The summed E-state index contributed by atoms with van der Waals surface area (Å²) < 4.78 is 0. The standard InChI is InChI=1S/C12H16BrN/c1-14-9-3-2-4-11-5-7-12(10-13)8-6-11/h2,4-8,14H,3,9-10H2,1H3. The van der Waals surface area contributed by atoms with Crippen LogP contribution in [-0.2, 0) is 5.33 Å². The Bertz CT molecular complexity index is 277. The molecule has 0 radical (unpaired) electrons. The predicted molar refractivity (Wildman–Crippen MR) is 66.7 cm³/mol. The van der Waals surface area contributed by atoms with Crippen molar-refractivity contribution in [3.8, 4) is 0 Å². The van der Waals surface area contributed by atoms with E-state index < -0.39 is 0 Å². The van der Waals surface area contributed by atoms with Crippen LogP contribution in [0.15, 0.2) is 30.3 Å². The number of rotatable bonds is 5. The molecule has 1 aromatic rings. The van der Waals surface area contributed by atoms with Crippen molar-refractivity contribution in [2.45, 2.75) is 11.8 Å². The molecule has 0 saturated heterocycles. The van der Waals surface area contributed by atoms with Gasteiger partial charge in [-0.3, -0.25) is 0 Å². The number of hydrogen-bond acceptors (Lipinski definition) is 1. The van der Waals surface area contributed by atoms with Crippen molar-refractivity contribution in [1.82, 2.24) is 5.32 Å². The molecule has 0 spiro atoms. The van der Waals surface area contributed by atoms with Crippen LogP contribution in [0.1, 0.15) is 17.5 Å². The maximum atomic E-state index is 3.43. The van der Waals surface area contributed by atoms with Gasteiger partial charge in [-0.25, -0.2) is 0 Å². The molecule has 14 heavy (non-hydrogen) atoms. The first-order valence-corrected chi connectivity index (χ1v) is 5.95. The molecule has 2 heteroatoms. The third kappa shape index (κ3) is 4.07. The lowest BCUT2D eigenvalue weighted by molar-refractivity contribution is 0.809. The Labute approximate surface area is 94.3 Å². The lowest BCUT2D eigenvalue weighted by Crippen LogP contribution is -2.05. The van der Waals surface area contributed by atoms with Crippen molar-refractivity contribution in [3.63, 3.8) is 0 Å². The summed E-state index contributed by atoms with van der Waals surface area (Å²) in [4.78, 5) is 0. The van der Waals surface area contributed by atoms with Crippen molar-refractivity contribution < 1.29 is 0 Å². The van der Waals surface area contributed by atoms with Gasteiger partial charge in [-0.2, -0.15) is 0 Å². The van der Waals surface area contributed by atoms with Crippen molar-refractivity contribution >= 4 is 22.0 Å². The maximum absolute atomic E-state index is 3.43. The smallest absolute Gasteiger partial charge is 0.0283 e. The van der Waals surface area contributed by atoms with Crippen LogP contribution in [-0.4, -0.2) is 13.6 Å². The first kappa shape index (κ1) is 11.5. The van der Waals surface area contributed by atoms with Crippen molar-refractivity contribution in [3.05, 3.63) is 41.5 Å². The fourth-order valence-electron chi connectivity index (χ4n) is 1.16. The van der Waals surface area contributed by atoms with Crippen LogP contribution in [0.3, 0.4) is 0 Å². The van der Waals surface area contributed by atoms with Gasteiger partial charge in [0.25, 0.3) is 0 Å². The van der Waals surface area contributed by atoms with Crippen LogP contribution < -0.4 is 5.32 Å². The highest BCUT2D eigenvalue weighted by atomic mass is 79.9. The van der Waals surface area contributed by atoms with Gasteiger partial charge in [0.05, 0.1) is 0 Å². The molecule has 0 unspecified atom stereocenters. The van der Waals surface area contributed by atoms with E-state index in [0.29, 0.717) is 0 Å². The molecule has 0 saturated carbocycles. The molecule has 0 aromatic heterocycles. The van der Waals surface area contributed by atoms with Gasteiger partial charge in [0, 0.05) is 5.33 Å². The van der Waals surface area contributed by atoms with Crippen molar-refractivity contribution in [2.75, 3.05) is 13.6 Å². The molecule has 0 fully saturated rings. The first-order chi connectivity index (χ1) is 6.86. The molecule has 0 atom stereocenters. The zero-order chi connectivity index (χ0) is 10.2. The van der Waals surface area contributed by atoms with Crippen LogP contribution in [0.2, 0.25) is 0 Å². The summed E-state index contributed by atoms with van der Waals surface area (Å²) in [5.74, 6) is 0. The minimum absolute atomic E-state index is 0.927. The van der Waals surface area contributed by atoms with E-state index in [4.69, 9.17) is 0 Å². The van der Waals surface area contributed by atoms with E-state index in [1.807, 2.05) is 7.05 Å². The summed E-state index contributed by atoms with van der Waals surface area (Å²) in [7, 11) is 1.97. The molecule has 0 heterocycles. The lowest BCUT2D eigenvalue weighted by Gasteiger charge is -1.96. The lowest BCUT2D eigenvalue weighted by atomic mass is 10.1. The van der Waals surface area contributed by atoms with E-state index in [-0.39, 0.29) is 0 Å². The van der Waals surface area contributed by atoms with Crippen LogP contribution in [0.25, 0.3) is 6.08 Å². The Morgan fingerprint density at radius 2 is 2.00 bits per heavy atom. The maximum Gasteiger partial charge on any atom is 0.0283 e. The van der Waals surface area contributed by atoms with E-state index in [2.05, 4.69) is 57.7 Å². The van der Waals surface area contributed by atoms with E-state index in [9.17, 15) is 0 Å². The SMILES string of the molecule is CNCCC=Cc1ccc(CBr)cc1. The molecule has 1 nitrogen and oxygen atoms in total.